The van der Waals surface area contributed by atoms with Gasteiger partial charge < -0.3 is 0 Å². The lowest BCUT2D eigenvalue weighted by Gasteiger charge is -2.31. The average molecular weight is 402 g/mol. The average Bonchev–Trinajstić information content (AvgIpc) is 3.04. The molecule has 1 aromatic carbocycles. The van der Waals surface area contributed by atoms with E-state index in [4.69, 9.17) is 0 Å². The van der Waals surface area contributed by atoms with Crippen molar-refractivity contribution in [3.05, 3.63) is 54.0 Å². The van der Waals surface area contributed by atoms with Gasteiger partial charge in [0.15, 0.2) is 5.03 Å². The summed E-state index contributed by atoms with van der Waals surface area (Å²) in [6.45, 7) is 0.809. The van der Waals surface area contributed by atoms with Gasteiger partial charge in [0.25, 0.3) is 10.0 Å². The van der Waals surface area contributed by atoms with Crippen molar-refractivity contribution in [2.45, 2.75) is 24.2 Å². The van der Waals surface area contributed by atoms with E-state index in [1.807, 2.05) is 0 Å². The van der Waals surface area contributed by atoms with Gasteiger partial charge in [0.1, 0.15) is 22.9 Å². The first-order chi connectivity index (χ1) is 12.7. The van der Waals surface area contributed by atoms with Gasteiger partial charge in [-0.1, -0.05) is 19.1 Å². The first-order valence-electron chi connectivity index (χ1n) is 7.79. The highest BCUT2D eigenvalue weighted by molar-refractivity contribution is 7.89. The highest BCUT2D eigenvalue weighted by Crippen LogP contribution is 2.40. The van der Waals surface area contributed by atoms with E-state index in [1.54, 1.807) is 0 Å². The minimum Gasteiger partial charge on any atom is -0.264 e. The number of nitrogens with zero attached hydrogens (tertiary/aromatic N) is 3. The van der Waals surface area contributed by atoms with Gasteiger partial charge in [0.05, 0.1) is 0 Å². The lowest BCUT2D eigenvalue weighted by Crippen LogP contribution is -2.42. The fourth-order valence-electron chi connectivity index (χ4n) is 2.78. The minimum atomic E-state index is -4.93. The van der Waals surface area contributed by atoms with Gasteiger partial charge in [-0.2, -0.15) is 22.6 Å². The maximum atomic E-state index is 13.8. The molecular weight excluding hydrogens is 388 g/mol. The van der Waals surface area contributed by atoms with E-state index < -0.39 is 45.2 Å². The molecular formula is C16H14F4N4O2S. The first kappa shape index (κ1) is 19.2. The molecule has 27 heavy (non-hydrogen) atoms. The van der Waals surface area contributed by atoms with Crippen molar-refractivity contribution in [3.8, 4) is 0 Å². The number of hydrogen-bond acceptors (Lipinski definition) is 4. The van der Waals surface area contributed by atoms with Crippen molar-refractivity contribution < 1.29 is 26.0 Å². The summed E-state index contributed by atoms with van der Waals surface area (Å²) < 4.78 is 80.8. The molecule has 0 bridgehead atoms. The second-order valence-electron chi connectivity index (χ2n) is 5.63. The lowest BCUT2D eigenvalue weighted by atomic mass is 10.1. The molecule has 0 aliphatic rings. The second kappa shape index (κ2) is 6.89. The van der Waals surface area contributed by atoms with Crippen LogP contribution in [0.15, 0.2) is 47.6 Å². The van der Waals surface area contributed by atoms with Crippen molar-refractivity contribution in [3.63, 3.8) is 0 Å². The zero-order valence-corrected chi connectivity index (χ0v) is 14.7. The summed E-state index contributed by atoms with van der Waals surface area (Å²) in [6.07, 6.45) is -3.61. The molecule has 0 spiro atoms. The Bertz CT molecular complexity index is 1050. The summed E-state index contributed by atoms with van der Waals surface area (Å²) in [5, 5.41) is 5.52. The van der Waals surface area contributed by atoms with E-state index in [1.165, 1.54) is 25.3 Å². The largest absolute Gasteiger partial charge is 0.409 e. The summed E-state index contributed by atoms with van der Waals surface area (Å²) >= 11 is 0. The van der Waals surface area contributed by atoms with E-state index in [0.29, 0.717) is 4.31 Å². The molecule has 0 aliphatic carbocycles. The predicted octanol–water partition coefficient (Wildman–Crippen LogP) is 3.41. The van der Waals surface area contributed by atoms with Crippen LogP contribution in [0.3, 0.4) is 0 Å². The van der Waals surface area contributed by atoms with E-state index in [9.17, 15) is 26.0 Å². The molecule has 0 fully saturated rings. The van der Waals surface area contributed by atoms with Gasteiger partial charge >= 0.3 is 6.18 Å². The second-order valence-corrected chi connectivity index (χ2v) is 7.46. The Morgan fingerprint density at radius 2 is 1.85 bits per heavy atom. The molecule has 6 nitrogen and oxygen atoms in total. The third-order valence-electron chi connectivity index (χ3n) is 3.94. The van der Waals surface area contributed by atoms with Crippen LogP contribution in [-0.2, 0) is 10.0 Å². The van der Waals surface area contributed by atoms with Crippen LogP contribution in [0.25, 0.3) is 11.0 Å². The Morgan fingerprint density at radius 3 is 2.44 bits per heavy atom. The van der Waals surface area contributed by atoms with Gasteiger partial charge in [-0.25, -0.2) is 12.8 Å². The number of alkyl halides is 3. The molecule has 0 unspecified atom stereocenters. The number of hydrogen-bond donors (Lipinski definition) is 1. The number of H-pyrrole nitrogens is 1. The molecule has 0 radical (unpaired) electrons. The highest BCUT2D eigenvalue weighted by Gasteiger charge is 2.49. The molecule has 0 amide bonds. The molecule has 2 aromatic heterocycles. The number of nitrogens with one attached hydrogen (secondary N) is 1. The number of sulfonamides is 1. The number of aromatic nitrogens is 3. The van der Waals surface area contributed by atoms with Crippen LogP contribution in [-0.4, -0.2) is 40.6 Å². The predicted molar refractivity (Wildman–Crippen MR) is 88.7 cm³/mol. The maximum Gasteiger partial charge on any atom is 0.409 e. The zero-order valence-electron chi connectivity index (χ0n) is 13.9. The fraction of sp³-hybridized carbons (Fsp3) is 0.250. The molecule has 0 aliphatic heterocycles. The lowest BCUT2D eigenvalue weighted by molar-refractivity contribution is -0.173. The molecule has 2 heterocycles. The topological polar surface area (TPSA) is 79.0 Å². The number of benzene rings is 1. The number of aromatic amines is 1. The number of pyridine rings is 1. The van der Waals surface area contributed by atoms with Crippen molar-refractivity contribution in [2.24, 2.45) is 0 Å². The smallest absolute Gasteiger partial charge is 0.264 e. The van der Waals surface area contributed by atoms with Gasteiger partial charge in [-0.3, -0.25) is 10.1 Å². The van der Waals surface area contributed by atoms with Gasteiger partial charge in [0, 0.05) is 12.7 Å². The highest BCUT2D eigenvalue weighted by atomic mass is 32.2. The van der Waals surface area contributed by atoms with E-state index in [-0.39, 0.29) is 11.0 Å². The van der Waals surface area contributed by atoms with Gasteiger partial charge in [-0.15, -0.1) is 0 Å². The Labute approximate surface area is 151 Å². The van der Waals surface area contributed by atoms with Crippen molar-refractivity contribution in [1.29, 1.82) is 0 Å². The maximum absolute atomic E-state index is 13.8. The van der Waals surface area contributed by atoms with E-state index in [2.05, 4.69) is 15.2 Å². The molecule has 1 N–H and O–H groups in total. The minimum absolute atomic E-state index is 0.0593. The third kappa shape index (κ3) is 3.52. The van der Waals surface area contributed by atoms with Crippen molar-refractivity contribution >= 4 is 21.1 Å². The molecule has 3 rings (SSSR count). The molecule has 1 atom stereocenters. The zero-order chi connectivity index (χ0) is 19.8. The Kier molecular flexibility index (Phi) is 4.91. The van der Waals surface area contributed by atoms with Crippen LogP contribution >= 0.6 is 0 Å². The summed E-state index contributed by atoms with van der Waals surface area (Å²) in [5.41, 5.74) is -0.250. The number of fused-ring (bicyclic) bond motifs is 1. The van der Waals surface area contributed by atoms with Crippen molar-refractivity contribution in [2.75, 3.05) is 6.54 Å². The standard InChI is InChI=1S/C16H14F4N4O2S/c1-2-24(14(16(18,19)20)10-5-7-11(17)8-6-10)27(25,26)15-13-12(22-23-15)4-3-9-21-13/h3-9,14H,2H2,1H3,(H,22,23)/t14-/m1/s1. The van der Waals surface area contributed by atoms with Gasteiger partial charge in [-0.05, 0) is 29.8 Å². The summed E-state index contributed by atoms with van der Waals surface area (Å²) in [4.78, 5) is 3.90. The van der Waals surface area contributed by atoms with Crippen LogP contribution < -0.4 is 0 Å². The van der Waals surface area contributed by atoms with Crippen LogP contribution in [0.2, 0.25) is 0 Å². The quantitative estimate of drug-likeness (QED) is 0.664. The molecule has 0 saturated carbocycles. The molecule has 11 heteroatoms. The van der Waals surface area contributed by atoms with E-state index in [0.717, 1.165) is 24.3 Å². The summed E-state index contributed by atoms with van der Waals surface area (Å²) in [6, 6.07) is 4.03. The van der Waals surface area contributed by atoms with Crippen LogP contribution in [0.1, 0.15) is 18.5 Å². The number of halogens is 4. The first-order valence-corrected chi connectivity index (χ1v) is 9.23. The normalized spacial score (nSPS) is 14.0. The molecule has 0 saturated heterocycles. The Balaban J connectivity index is 2.16. The molecule has 3 aromatic rings. The summed E-state index contributed by atoms with van der Waals surface area (Å²) in [7, 11) is -4.64. The molecule has 144 valence electrons. The monoisotopic (exact) mass is 402 g/mol. The summed E-state index contributed by atoms with van der Waals surface area (Å²) in [5.74, 6) is -0.727. The van der Waals surface area contributed by atoms with Crippen LogP contribution in [0.4, 0.5) is 17.6 Å². The van der Waals surface area contributed by atoms with Gasteiger partial charge in [0.2, 0.25) is 0 Å². The Morgan fingerprint density at radius 1 is 1.19 bits per heavy atom. The fourth-order valence-corrected chi connectivity index (χ4v) is 4.43. The third-order valence-corrected chi connectivity index (χ3v) is 5.83. The Hall–Kier alpha value is -2.53. The number of rotatable bonds is 5. The van der Waals surface area contributed by atoms with Crippen LogP contribution in [0, 0.1) is 5.82 Å². The van der Waals surface area contributed by atoms with Crippen LogP contribution in [0.5, 0.6) is 0 Å². The SMILES string of the molecule is CCN([C@H](c1ccc(F)cc1)C(F)(F)F)S(=O)(=O)c1[nH]nc2cccnc12. The van der Waals surface area contributed by atoms with Crippen molar-refractivity contribution in [1.82, 2.24) is 19.5 Å². The van der Waals surface area contributed by atoms with E-state index >= 15 is 0 Å².